The van der Waals surface area contributed by atoms with Gasteiger partial charge in [0.05, 0.1) is 24.8 Å². The highest BCUT2D eigenvalue weighted by Gasteiger charge is 2.18. The molecule has 0 amide bonds. The highest BCUT2D eigenvalue weighted by atomic mass is 127. The number of nitrogens with zero attached hydrogens (tertiary/aromatic N) is 5. The first-order valence-corrected chi connectivity index (χ1v) is 15.1. The Labute approximate surface area is 277 Å². The Hall–Kier alpha value is -4.03. The summed E-state index contributed by atoms with van der Waals surface area (Å²) in [6.45, 7) is 1.92. The molecule has 0 aliphatic heterocycles. The van der Waals surface area contributed by atoms with E-state index in [9.17, 15) is 24.2 Å². The molecular formula is C30H25FI2N6O5. The Kier molecular flexibility index (Phi) is 11.3. The van der Waals surface area contributed by atoms with E-state index in [0.29, 0.717) is 28.0 Å². The van der Waals surface area contributed by atoms with Gasteiger partial charge in [0.2, 0.25) is 5.95 Å². The monoisotopic (exact) mass is 822 g/mol. The molecular weight excluding hydrogens is 797 g/mol. The molecule has 0 fully saturated rings. The highest BCUT2D eigenvalue weighted by Crippen LogP contribution is 2.24. The van der Waals surface area contributed by atoms with Gasteiger partial charge in [-0.15, -0.1) is 0 Å². The van der Waals surface area contributed by atoms with Gasteiger partial charge in [0.25, 0.3) is 0 Å². The van der Waals surface area contributed by atoms with Crippen molar-refractivity contribution in [2.75, 3.05) is 7.11 Å². The minimum atomic E-state index is -1.11. The zero-order valence-corrected chi connectivity index (χ0v) is 27.6. The van der Waals surface area contributed by atoms with Crippen LogP contribution in [0.5, 0.6) is 0 Å². The number of pyridine rings is 2. The number of nitrogens with one attached hydrogen (secondary N) is 1. The van der Waals surface area contributed by atoms with Gasteiger partial charge in [-0.25, -0.2) is 24.2 Å². The van der Waals surface area contributed by atoms with Crippen molar-refractivity contribution in [3.63, 3.8) is 0 Å². The number of carbonyl (C=O) groups excluding carboxylic acids is 1. The molecule has 0 bridgehead atoms. The van der Waals surface area contributed by atoms with Crippen LogP contribution in [0, 0.1) is 13.1 Å². The van der Waals surface area contributed by atoms with Crippen molar-refractivity contribution in [1.29, 1.82) is 0 Å². The summed E-state index contributed by atoms with van der Waals surface area (Å²) in [7, 11) is 1.35. The number of aromatic amines is 1. The van der Waals surface area contributed by atoms with E-state index >= 15 is 0 Å². The molecule has 3 N–H and O–H groups in total. The van der Waals surface area contributed by atoms with Gasteiger partial charge in [-0.05, 0) is 105 Å². The number of hydrogen-bond donors (Lipinski definition) is 3. The number of aliphatic hydroxyl groups is 1. The second-order valence-electron chi connectivity index (χ2n) is 9.00. The number of hydrogen-bond acceptors (Lipinski definition) is 8. The summed E-state index contributed by atoms with van der Waals surface area (Å²) >= 11 is 4.18. The summed E-state index contributed by atoms with van der Waals surface area (Å²) < 4.78 is 20.1. The van der Waals surface area contributed by atoms with E-state index in [0.717, 1.165) is 24.5 Å². The van der Waals surface area contributed by atoms with Crippen molar-refractivity contribution in [1.82, 2.24) is 29.9 Å². The summed E-state index contributed by atoms with van der Waals surface area (Å²) in [6.07, 6.45) is 4.02. The van der Waals surface area contributed by atoms with Crippen molar-refractivity contribution in [2.24, 2.45) is 0 Å². The predicted molar refractivity (Wildman–Crippen MR) is 178 cm³/mol. The van der Waals surface area contributed by atoms with E-state index in [1.807, 2.05) is 52.9 Å². The maximum atomic E-state index is 12.1. The maximum absolute atomic E-state index is 12.1. The zero-order valence-electron chi connectivity index (χ0n) is 23.3. The average molecular weight is 822 g/mol. The molecule has 44 heavy (non-hydrogen) atoms. The fourth-order valence-corrected chi connectivity index (χ4v) is 4.87. The van der Waals surface area contributed by atoms with Crippen molar-refractivity contribution in [3.05, 3.63) is 109 Å². The molecule has 0 spiro atoms. The number of aromatic nitrogens is 6. The van der Waals surface area contributed by atoms with E-state index in [1.165, 1.54) is 29.6 Å². The maximum Gasteiger partial charge on any atom is 0.359 e. The van der Waals surface area contributed by atoms with Crippen LogP contribution >= 0.6 is 45.2 Å². The van der Waals surface area contributed by atoms with E-state index in [4.69, 9.17) is 0 Å². The molecule has 0 unspecified atom stereocenters. The fraction of sp³-hybridized carbons (Fsp3) is 0.133. The third kappa shape index (κ3) is 7.92. The Morgan fingerprint density at radius 3 is 2.20 bits per heavy atom. The number of methoxy groups -OCH3 is 1. The number of aryl methyl sites for hydroxylation is 1. The van der Waals surface area contributed by atoms with Gasteiger partial charge in [0.1, 0.15) is 0 Å². The highest BCUT2D eigenvalue weighted by molar-refractivity contribution is 14.1. The molecule has 0 aliphatic rings. The number of esters is 1. The lowest BCUT2D eigenvalue weighted by molar-refractivity contribution is 0.0595. The molecule has 0 atom stereocenters. The molecule has 0 aliphatic carbocycles. The van der Waals surface area contributed by atoms with Gasteiger partial charge >= 0.3 is 11.9 Å². The van der Waals surface area contributed by atoms with Crippen molar-refractivity contribution in [3.8, 4) is 5.82 Å². The van der Waals surface area contributed by atoms with Gasteiger partial charge in [-0.2, -0.15) is 14.6 Å². The number of rotatable bonds is 5. The van der Waals surface area contributed by atoms with Crippen LogP contribution in [-0.2, 0) is 17.8 Å². The number of carbonyl (C=O) groups is 2. The predicted octanol–water partition coefficient (Wildman–Crippen LogP) is 5.95. The molecule has 0 saturated carbocycles. The van der Waals surface area contributed by atoms with Crippen LogP contribution in [0.15, 0.2) is 73.1 Å². The van der Waals surface area contributed by atoms with Crippen LogP contribution in [-0.4, -0.2) is 59.2 Å². The molecule has 4 aromatic heterocycles. The summed E-state index contributed by atoms with van der Waals surface area (Å²) in [5.74, 6) is -1.39. The third-order valence-corrected chi connectivity index (χ3v) is 7.50. The Morgan fingerprint density at radius 2 is 1.61 bits per heavy atom. The molecule has 226 valence electrons. The van der Waals surface area contributed by atoms with Crippen molar-refractivity contribution in [2.45, 2.75) is 20.0 Å². The van der Waals surface area contributed by atoms with Gasteiger partial charge in [-0.1, -0.05) is 19.1 Å². The first kappa shape index (κ1) is 32.9. The lowest BCUT2D eigenvalue weighted by Crippen LogP contribution is -2.03. The van der Waals surface area contributed by atoms with Crippen molar-refractivity contribution >= 4 is 78.9 Å². The van der Waals surface area contributed by atoms with E-state index in [-0.39, 0.29) is 12.3 Å². The van der Waals surface area contributed by atoms with Gasteiger partial charge in [-0.3, -0.25) is 5.10 Å². The summed E-state index contributed by atoms with van der Waals surface area (Å²) in [4.78, 5) is 30.3. The topological polar surface area (TPSA) is 156 Å². The molecule has 6 rings (SSSR count). The number of benzene rings is 2. The molecule has 2 aromatic carbocycles. The SMILES string of the molecule is CCc1ccc2[nH]nc(C(=O)OC)c2c1.Fc1cc(I)ccn1.O=C(O)c1nn(-c2cc(I)ccn2)c2ccc(CO)cc12. The first-order valence-electron chi connectivity index (χ1n) is 12.9. The van der Waals surface area contributed by atoms with E-state index in [2.05, 4.69) is 59.5 Å². The van der Waals surface area contributed by atoms with E-state index < -0.39 is 17.9 Å². The first-order chi connectivity index (χ1) is 21.1. The smallest absolute Gasteiger partial charge is 0.359 e. The van der Waals surface area contributed by atoms with Crippen LogP contribution < -0.4 is 0 Å². The average Bonchev–Trinajstić information content (AvgIpc) is 3.62. The minimum absolute atomic E-state index is 0.0547. The molecule has 11 nitrogen and oxygen atoms in total. The molecule has 0 radical (unpaired) electrons. The quantitative estimate of drug-likeness (QED) is 0.109. The van der Waals surface area contributed by atoms with E-state index in [1.54, 1.807) is 30.5 Å². The minimum Gasteiger partial charge on any atom is -0.476 e. The number of carboxylic acids is 1. The Morgan fingerprint density at radius 1 is 0.932 bits per heavy atom. The molecule has 4 heterocycles. The molecule has 6 aromatic rings. The molecule has 14 heteroatoms. The lowest BCUT2D eigenvalue weighted by atomic mass is 10.1. The molecule has 0 saturated heterocycles. The largest absolute Gasteiger partial charge is 0.476 e. The third-order valence-electron chi connectivity index (χ3n) is 6.16. The number of aromatic carboxylic acids is 1. The van der Waals surface area contributed by atoms with Crippen LogP contribution in [0.4, 0.5) is 4.39 Å². The Balaban J connectivity index is 0.000000167. The number of ether oxygens (including phenoxy) is 1. The van der Waals surface area contributed by atoms with Gasteiger partial charge < -0.3 is 14.9 Å². The number of H-pyrrole nitrogens is 1. The summed E-state index contributed by atoms with van der Waals surface area (Å²) in [5.41, 5.74) is 3.60. The normalized spacial score (nSPS) is 10.5. The lowest BCUT2D eigenvalue weighted by Gasteiger charge is -2.03. The van der Waals surface area contributed by atoms with Crippen LogP contribution in [0.25, 0.3) is 27.6 Å². The second kappa shape index (κ2) is 15.1. The van der Waals surface area contributed by atoms with Gasteiger partial charge in [0, 0.05) is 36.4 Å². The van der Waals surface area contributed by atoms with Crippen LogP contribution in [0.3, 0.4) is 0 Å². The Bertz CT molecular complexity index is 1930. The van der Waals surface area contributed by atoms with Crippen molar-refractivity contribution < 1.29 is 28.9 Å². The standard InChI is InChI=1S/C14H10IN3O3.C11H12N2O2.C5H3FIN/c15-9-3-4-16-12(6-9)18-11-2-1-8(7-19)5-10(11)13(17-18)14(20)21;1-3-7-4-5-9-8(6-7)10(13-12-9)11(14)15-2;6-5-3-4(7)1-2-8-5/h1-6,19H,7H2,(H,20,21);4-6H,3H2,1-2H3,(H,12,13);1-3H. The van der Waals surface area contributed by atoms with Crippen LogP contribution in [0.2, 0.25) is 0 Å². The summed E-state index contributed by atoms with van der Waals surface area (Å²) in [6, 6.07) is 17.8. The van der Waals surface area contributed by atoms with Gasteiger partial charge in [0.15, 0.2) is 17.2 Å². The number of fused-ring (bicyclic) bond motifs is 2. The number of halogens is 3. The number of carboxylic acid groups (broad SMARTS) is 1. The summed E-state index contributed by atoms with van der Waals surface area (Å²) in [5, 5.41) is 30.7. The second-order valence-corrected chi connectivity index (χ2v) is 11.5. The van der Waals surface area contributed by atoms with Crippen LogP contribution in [0.1, 0.15) is 39.0 Å². The zero-order chi connectivity index (χ0) is 31.8. The number of aliphatic hydroxyl groups excluding tert-OH is 1. The fourth-order valence-electron chi connectivity index (χ4n) is 4.02.